The van der Waals surface area contributed by atoms with Crippen molar-refractivity contribution in [2.24, 2.45) is 5.92 Å². The first-order valence-corrected chi connectivity index (χ1v) is 12.0. The van der Waals surface area contributed by atoms with Crippen LogP contribution in [-0.2, 0) is 25.5 Å². The van der Waals surface area contributed by atoms with Crippen LogP contribution >= 0.6 is 0 Å². The van der Waals surface area contributed by atoms with E-state index >= 15 is 0 Å². The highest BCUT2D eigenvalue weighted by Crippen LogP contribution is 2.31. The predicted octanol–water partition coefficient (Wildman–Crippen LogP) is 2.53. The third kappa shape index (κ3) is 4.57. The second kappa shape index (κ2) is 9.58. The smallest absolute Gasteiger partial charge is 0.227 e. The van der Waals surface area contributed by atoms with Crippen LogP contribution in [-0.4, -0.2) is 70.9 Å². The first-order chi connectivity index (χ1) is 16.5. The standard InChI is InChI=1S/C27H30N2O5/c30-22-8-6-18(7-9-22)14-21(27(33)29-13-11-24-26(29)23(31)17-34-24)15-25(32)28-12-10-20(16-28)19-4-2-1-3-5-19/h1-9,20-21,24,26,30H,10-17H2. The van der Waals surface area contributed by atoms with E-state index in [1.165, 1.54) is 5.56 Å². The van der Waals surface area contributed by atoms with Crippen LogP contribution in [0.3, 0.4) is 0 Å². The van der Waals surface area contributed by atoms with E-state index in [0.29, 0.717) is 38.4 Å². The summed E-state index contributed by atoms with van der Waals surface area (Å²) >= 11 is 0. The number of nitrogens with zero attached hydrogens (tertiary/aromatic N) is 2. The van der Waals surface area contributed by atoms with Gasteiger partial charge in [-0.15, -0.1) is 0 Å². The number of aromatic hydroxyl groups is 1. The van der Waals surface area contributed by atoms with E-state index in [4.69, 9.17) is 4.74 Å². The molecule has 0 spiro atoms. The number of phenols is 1. The van der Waals surface area contributed by atoms with Crippen molar-refractivity contribution >= 4 is 17.6 Å². The molecule has 4 atom stereocenters. The van der Waals surface area contributed by atoms with Gasteiger partial charge in [0, 0.05) is 32.0 Å². The number of likely N-dealkylation sites (tertiary alicyclic amines) is 2. The number of ether oxygens (including phenoxy) is 1. The molecule has 3 saturated heterocycles. The van der Waals surface area contributed by atoms with Gasteiger partial charge in [0.15, 0.2) is 5.78 Å². The third-order valence-electron chi connectivity index (χ3n) is 7.40. The Hall–Kier alpha value is -3.19. The van der Waals surface area contributed by atoms with Crippen molar-refractivity contribution in [2.45, 2.75) is 43.7 Å². The largest absolute Gasteiger partial charge is 0.508 e. The van der Waals surface area contributed by atoms with E-state index in [2.05, 4.69) is 12.1 Å². The number of hydrogen-bond donors (Lipinski definition) is 1. The van der Waals surface area contributed by atoms with Gasteiger partial charge in [0.1, 0.15) is 18.4 Å². The highest BCUT2D eigenvalue weighted by Gasteiger charge is 2.48. The molecule has 5 rings (SSSR count). The summed E-state index contributed by atoms with van der Waals surface area (Å²) in [5.41, 5.74) is 2.11. The van der Waals surface area contributed by atoms with Crippen molar-refractivity contribution in [2.75, 3.05) is 26.2 Å². The number of rotatable bonds is 6. The molecule has 0 aliphatic carbocycles. The lowest BCUT2D eigenvalue weighted by atomic mass is 9.93. The minimum Gasteiger partial charge on any atom is -0.508 e. The topological polar surface area (TPSA) is 87.2 Å². The van der Waals surface area contributed by atoms with Crippen LogP contribution in [0.1, 0.15) is 36.3 Å². The Morgan fingerprint density at radius 3 is 2.56 bits per heavy atom. The van der Waals surface area contributed by atoms with Gasteiger partial charge in [-0.2, -0.15) is 0 Å². The fraction of sp³-hybridized carbons (Fsp3) is 0.444. The number of hydrogen-bond acceptors (Lipinski definition) is 5. The molecule has 2 aromatic rings. The minimum absolute atomic E-state index is 0.0275. The van der Waals surface area contributed by atoms with Gasteiger partial charge in [0.25, 0.3) is 0 Å². The molecule has 0 bridgehead atoms. The molecule has 0 saturated carbocycles. The number of benzene rings is 2. The number of Topliss-reactive ketones (excluding diaryl/α,β-unsaturated/α-hetero) is 1. The zero-order chi connectivity index (χ0) is 23.7. The fourth-order valence-corrected chi connectivity index (χ4v) is 5.56. The van der Waals surface area contributed by atoms with Gasteiger partial charge >= 0.3 is 0 Å². The van der Waals surface area contributed by atoms with Crippen LogP contribution in [0.5, 0.6) is 5.75 Å². The lowest BCUT2D eigenvalue weighted by Crippen LogP contribution is -2.46. The first kappa shape index (κ1) is 22.6. The summed E-state index contributed by atoms with van der Waals surface area (Å²) < 4.78 is 5.55. The lowest BCUT2D eigenvalue weighted by molar-refractivity contribution is -0.143. The molecule has 1 N–H and O–H groups in total. The number of ketones is 1. The molecular formula is C27H30N2O5. The summed E-state index contributed by atoms with van der Waals surface area (Å²) in [6, 6.07) is 16.4. The van der Waals surface area contributed by atoms with Gasteiger partial charge in [-0.3, -0.25) is 14.4 Å². The number of phenolic OH excluding ortho intramolecular Hbond substituents is 1. The molecule has 7 heteroatoms. The van der Waals surface area contributed by atoms with E-state index in [0.717, 1.165) is 12.0 Å². The molecule has 4 unspecified atom stereocenters. The average Bonchev–Trinajstić information content (AvgIpc) is 3.58. The fourth-order valence-electron chi connectivity index (χ4n) is 5.56. The maximum absolute atomic E-state index is 13.6. The van der Waals surface area contributed by atoms with Gasteiger partial charge in [0.05, 0.1) is 12.0 Å². The maximum atomic E-state index is 13.6. The van der Waals surface area contributed by atoms with Gasteiger partial charge in [0.2, 0.25) is 11.8 Å². The van der Waals surface area contributed by atoms with E-state index in [1.54, 1.807) is 29.2 Å². The van der Waals surface area contributed by atoms with Crippen LogP contribution in [0, 0.1) is 5.92 Å². The Balaban J connectivity index is 1.31. The van der Waals surface area contributed by atoms with Crippen LogP contribution < -0.4 is 0 Å². The molecule has 34 heavy (non-hydrogen) atoms. The molecule has 3 fully saturated rings. The normalized spacial score (nSPS) is 24.9. The molecule has 7 nitrogen and oxygen atoms in total. The van der Waals surface area contributed by atoms with Crippen LogP contribution in [0.2, 0.25) is 0 Å². The maximum Gasteiger partial charge on any atom is 0.227 e. The zero-order valence-corrected chi connectivity index (χ0v) is 19.1. The number of carbonyl (C=O) groups is 3. The molecule has 0 aromatic heterocycles. The van der Waals surface area contributed by atoms with Crippen molar-refractivity contribution in [3.8, 4) is 5.75 Å². The van der Waals surface area contributed by atoms with Crippen LogP contribution in [0.25, 0.3) is 0 Å². The van der Waals surface area contributed by atoms with E-state index in [1.807, 2.05) is 23.1 Å². The Bertz CT molecular complexity index is 1050. The van der Waals surface area contributed by atoms with Crippen LogP contribution in [0.4, 0.5) is 0 Å². The lowest BCUT2D eigenvalue weighted by Gasteiger charge is -2.28. The molecule has 2 amide bonds. The third-order valence-corrected chi connectivity index (χ3v) is 7.40. The minimum atomic E-state index is -0.569. The Morgan fingerprint density at radius 1 is 1.03 bits per heavy atom. The summed E-state index contributed by atoms with van der Waals surface area (Å²) in [6.45, 7) is 1.86. The molecule has 2 aromatic carbocycles. The van der Waals surface area contributed by atoms with E-state index in [9.17, 15) is 19.5 Å². The SMILES string of the molecule is O=C1COC2CCN(C(=O)C(CC(=O)N3CCC(c4ccccc4)C3)Cc3ccc(O)cc3)C12. The highest BCUT2D eigenvalue weighted by molar-refractivity contribution is 5.94. The summed E-state index contributed by atoms with van der Waals surface area (Å²) in [5.74, 6) is -0.352. The molecule has 3 aliphatic rings. The number of amides is 2. The van der Waals surface area contributed by atoms with Crippen molar-refractivity contribution in [1.29, 1.82) is 0 Å². The monoisotopic (exact) mass is 462 g/mol. The van der Waals surface area contributed by atoms with Crippen LogP contribution in [0.15, 0.2) is 54.6 Å². The van der Waals surface area contributed by atoms with Crippen molar-refractivity contribution < 1.29 is 24.2 Å². The first-order valence-electron chi connectivity index (χ1n) is 12.0. The molecular weight excluding hydrogens is 432 g/mol. The van der Waals surface area contributed by atoms with Gasteiger partial charge in [-0.05, 0) is 42.5 Å². The van der Waals surface area contributed by atoms with Gasteiger partial charge in [-0.25, -0.2) is 0 Å². The summed E-state index contributed by atoms with van der Waals surface area (Å²) in [4.78, 5) is 42.8. The second-order valence-electron chi connectivity index (χ2n) is 9.59. The quantitative estimate of drug-likeness (QED) is 0.713. The average molecular weight is 463 g/mol. The molecule has 0 radical (unpaired) electrons. The van der Waals surface area contributed by atoms with E-state index < -0.39 is 12.0 Å². The summed E-state index contributed by atoms with van der Waals surface area (Å²) in [7, 11) is 0. The molecule has 3 heterocycles. The van der Waals surface area contributed by atoms with Crippen molar-refractivity contribution in [3.05, 3.63) is 65.7 Å². The Morgan fingerprint density at radius 2 is 1.79 bits per heavy atom. The van der Waals surface area contributed by atoms with Gasteiger partial charge in [-0.1, -0.05) is 42.5 Å². The molecule has 178 valence electrons. The highest BCUT2D eigenvalue weighted by atomic mass is 16.5. The Labute approximate surface area is 199 Å². The van der Waals surface area contributed by atoms with Gasteiger partial charge < -0.3 is 19.6 Å². The van der Waals surface area contributed by atoms with E-state index in [-0.39, 0.29) is 42.5 Å². The Kier molecular flexibility index (Phi) is 6.37. The zero-order valence-electron chi connectivity index (χ0n) is 19.1. The summed E-state index contributed by atoms with van der Waals surface area (Å²) in [6.07, 6.45) is 1.81. The van der Waals surface area contributed by atoms with Crippen molar-refractivity contribution in [1.82, 2.24) is 9.80 Å². The van der Waals surface area contributed by atoms with Crippen molar-refractivity contribution in [3.63, 3.8) is 0 Å². The number of carbonyl (C=O) groups excluding carboxylic acids is 3. The number of fused-ring (bicyclic) bond motifs is 1. The predicted molar refractivity (Wildman–Crippen MR) is 125 cm³/mol. The molecule has 3 aliphatic heterocycles. The second-order valence-corrected chi connectivity index (χ2v) is 9.59. The summed E-state index contributed by atoms with van der Waals surface area (Å²) in [5, 5.41) is 9.62.